The minimum atomic E-state index is -0.0702. The molecule has 1 aromatic rings. The quantitative estimate of drug-likeness (QED) is 0.893. The number of nitrogens with zero attached hydrogens (tertiary/aromatic N) is 1. The Hall–Kier alpha value is -0.450. The molecule has 0 amide bonds. The lowest BCUT2D eigenvalue weighted by molar-refractivity contribution is -0.0705. The van der Waals surface area contributed by atoms with Gasteiger partial charge in [0, 0.05) is 23.9 Å². The van der Waals surface area contributed by atoms with E-state index in [1.54, 1.807) is 0 Å². The highest BCUT2D eigenvalue weighted by molar-refractivity contribution is 7.11. The Balaban J connectivity index is 1.91. The molecule has 0 saturated heterocycles. The predicted octanol–water partition coefficient (Wildman–Crippen LogP) is 3.98. The summed E-state index contributed by atoms with van der Waals surface area (Å²) in [6, 6.07) is 0. The van der Waals surface area contributed by atoms with Crippen molar-refractivity contribution in [2.24, 2.45) is 0 Å². The number of thiazole rings is 1. The molecule has 1 atom stereocenters. The van der Waals surface area contributed by atoms with Crippen molar-refractivity contribution in [3.05, 3.63) is 15.6 Å². The standard InChI is InChI=1S/C17H28N2OS/c1-3-20-17(10-5-4-6-11-17)16-19-15-13(12-18-2)8-7-9-14(15)21-16/h13,18H,3-12H2,1-2H3. The number of hydrogen-bond donors (Lipinski definition) is 1. The minimum Gasteiger partial charge on any atom is -0.368 e. The van der Waals surface area contributed by atoms with Gasteiger partial charge in [0.1, 0.15) is 10.6 Å². The van der Waals surface area contributed by atoms with Gasteiger partial charge in [-0.25, -0.2) is 4.98 Å². The molecule has 0 aromatic carbocycles. The van der Waals surface area contributed by atoms with Crippen LogP contribution in [0.2, 0.25) is 0 Å². The molecule has 1 saturated carbocycles. The van der Waals surface area contributed by atoms with E-state index in [4.69, 9.17) is 9.72 Å². The van der Waals surface area contributed by atoms with Crippen molar-refractivity contribution in [1.29, 1.82) is 0 Å². The molecule has 0 spiro atoms. The lowest BCUT2D eigenvalue weighted by Gasteiger charge is -2.35. The van der Waals surface area contributed by atoms with Crippen LogP contribution in [-0.4, -0.2) is 25.2 Å². The molecule has 118 valence electrons. The number of likely N-dealkylation sites (N-methyl/N-ethyl adjacent to an activating group) is 1. The first-order valence-electron chi connectivity index (χ1n) is 8.57. The average molecular weight is 308 g/mol. The maximum Gasteiger partial charge on any atom is 0.125 e. The molecule has 0 aliphatic heterocycles. The molecule has 1 aromatic heterocycles. The van der Waals surface area contributed by atoms with E-state index in [-0.39, 0.29) is 5.60 Å². The molecular weight excluding hydrogens is 280 g/mol. The van der Waals surface area contributed by atoms with Gasteiger partial charge in [0.05, 0.1) is 5.69 Å². The Bertz CT molecular complexity index is 460. The van der Waals surface area contributed by atoms with E-state index in [0.717, 1.165) is 26.0 Å². The maximum atomic E-state index is 6.26. The summed E-state index contributed by atoms with van der Waals surface area (Å²) >= 11 is 1.95. The van der Waals surface area contributed by atoms with Crippen LogP contribution in [0.1, 0.15) is 73.4 Å². The summed E-state index contributed by atoms with van der Waals surface area (Å²) in [7, 11) is 2.05. The molecule has 1 N–H and O–H groups in total. The Morgan fingerprint density at radius 3 is 2.81 bits per heavy atom. The smallest absolute Gasteiger partial charge is 0.125 e. The highest BCUT2D eigenvalue weighted by Crippen LogP contribution is 2.45. The zero-order valence-electron chi connectivity index (χ0n) is 13.4. The van der Waals surface area contributed by atoms with E-state index in [9.17, 15) is 0 Å². The second-order valence-corrected chi connectivity index (χ2v) is 7.55. The third kappa shape index (κ3) is 3.03. The topological polar surface area (TPSA) is 34.1 Å². The van der Waals surface area contributed by atoms with Crippen LogP contribution in [0.5, 0.6) is 0 Å². The highest BCUT2D eigenvalue weighted by atomic mass is 32.1. The fourth-order valence-electron chi connectivity index (χ4n) is 3.97. The van der Waals surface area contributed by atoms with Gasteiger partial charge >= 0.3 is 0 Å². The normalized spacial score (nSPS) is 24.8. The van der Waals surface area contributed by atoms with E-state index in [1.807, 2.05) is 18.4 Å². The number of fused-ring (bicyclic) bond motifs is 1. The van der Waals surface area contributed by atoms with Gasteiger partial charge in [-0.3, -0.25) is 0 Å². The van der Waals surface area contributed by atoms with Crippen molar-refractivity contribution in [3.8, 4) is 0 Å². The van der Waals surface area contributed by atoms with E-state index < -0.39 is 0 Å². The number of aromatic nitrogens is 1. The Morgan fingerprint density at radius 2 is 2.10 bits per heavy atom. The monoisotopic (exact) mass is 308 g/mol. The number of ether oxygens (including phenoxy) is 1. The average Bonchev–Trinajstić information content (AvgIpc) is 2.95. The Labute approximate surface area is 132 Å². The summed E-state index contributed by atoms with van der Waals surface area (Å²) in [6.45, 7) is 3.97. The van der Waals surface area contributed by atoms with Crippen molar-refractivity contribution in [2.45, 2.75) is 69.8 Å². The fourth-order valence-corrected chi connectivity index (χ4v) is 5.36. The van der Waals surface area contributed by atoms with Crippen LogP contribution < -0.4 is 5.32 Å². The third-order valence-electron chi connectivity index (χ3n) is 4.99. The first kappa shape index (κ1) is 15.4. The molecule has 1 fully saturated rings. The molecule has 3 rings (SSSR count). The van der Waals surface area contributed by atoms with Crippen LogP contribution in [0.4, 0.5) is 0 Å². The maximum absolute atomic E-state index is 6.26. The summed E-state index contributed by atoms with van der Waals surface area (Å²) in [6.07, 6.45) is 10.0. The lowest BCUT2D eigenvalue weighted by atomic mass is 9.85. The second kappa shape index (κ2) is 6.76. The van der Waals surface area contributed by atoms with Crippen LogP contribution in [0.25, 0.3) is 0 Å². The molecule has 21 heavy (non-hydrogen) atoms. The van der Waals surface area contributed by atoms with Gasteiger partial charge in [-0.15, -0.1) is 11.3 Å². The minimum absolute atomic E-state index is 0.0702. The SMILES string of the molecule is CCOC1(c2nc3c(s2)CCCC3CNC)CCCCC1. The van der Waals surface area contributed by atoms with Crippen LogP contribution in [0, 0.1) is 0 Å². The molecule has 2 aliphatic rings. The van der Waals surface area contributed by atoms with Crippen LogP contribution in [-0.2, 0) is 16.8 Å². The zero-order valence-corrected chi connectivity index (χ0v) is 14.2. The van der Waals surface area contributed by atoms with Crippen molar-refractivity contribution in [3.63, 3.8) is 0 Å². The molecule has 4 heteroatoms. The number of aryl methyl sites for hydroxylation is 1. The summed E-state index contributed by atoms with van der Waals surface area (Å²) in [5.41, 5.74) is 1.30. The van der Waals surface area contributed by atoms with Crippen LogP contribution in [0.15, 0.2) is 0 Å². The van der Waals surface area contributed by atoms with Crippen molar-refractivity contribution < 1.29 is 4.74 Å². The van der Waals surface area contributed by atoms with Crippen molar-refractivity contribution in [1.82, 2.24) is 10.3 Å². The Kier molecular flexibility index (Phi) is 4.97. The van der Waals surface area contributed by atoms with Crippen LogP contribution >= 0.6 is 11.3 Å². The van der Waals surface area contributed by atoms with Gasteiger partial charge in [0.2, 0.25) is 0 Å². The third-order valence-corrected chi connectivity index (χ3v) is 6.31. The highest BCUT2D eigenvalue weighted by Gasteiger charge is 2.39. The Morgan fingerprint density at radius 1 is 1.29 bits per heavy atom. The van der Waals surface area contributed by atoms with Crippen molar-refractivity contribution >= 4 is 11.3 Å². The predicted molar refractivity (Wildman–Crippen MR) is 88.1 cm³/mol. The summed E-state index contributed by atoms with van der Waals surface area (Å²) in [5, 5.41) is 4.61. The largest absolute Gasteiger partial charge is 0.368 e. The molecule has 3 nitrogen and oxygen atoms in total. The molecule has 2 aliphatic carbocycles. The summed E-state index contributed by atoms with van der Waals surface area (Å²) < 4.78 is 6.26. The summed E-state index contributed by atoms with van der Waals surface area (Å²) in [4.78, 5) is 6.65. The summed E-state index contributed by atoms with van der Waals surface area (Å²) in [5.74, 6) is 0.603. The molecular formula is C17H28N2OS. The molecule has 1 heterocycles. The first-order valence-corrected chi connectivity index (χ1v) is 9.39. The molecule has 0 bridgehead atoms. The van der Waals surface area contributed by atoms with E-state index in [0.29, 0.717) is 5.92 Å². The van der Waals surface area contributed by atoms with Gasteiger partial charge in [-0.05, 0) is 46.1 Å². The number of rotatable bonds is 5. The van der Waals surface area contributed by atoms with Gasteiger partial charge in [-0.2, -0.15) is 0 Å². The van der Waals surface area contributed by atoms with E-state index in [1.165, 1.54) is 54.1 Å². The fraction of sp³-hybridized carbons (Fsp3) is 0.824. The van der Waals surface area contributed by atoms with Gasteiger partial charge in [0.25, 0.3) is 0 Å². The number of nitrogens with one attached hydrogen (secondary N) is 1. The lowest BCUT2D eigenvalue weighted by Crippen LogP contribution is -2.32. The van der Waals surface area contributed by atoms with E-state index >= 15 is 0 Å². The van der Waals surface area contributed by atoms with Gasteiger partial charge in [-0.1, -0.05) is 19.3 Å². The van der Waals surface area contributed by atoms with Crippen molar-refractivity contribution in [2.75, 3.05) is 20.2 Å². The van der Waals surface area contributed by atoms with Gasteiger partial charge < -0.3 is 10.1 Å². The first-order chi connectivity index (χ1) is 10.3. The van der Waals surface area contributed by atoms with Gasteiger partial charge in [0.15, 0.2) is 0 Å². The zero-order chi connectivity index (χ0) is 14.7. The van der Waals surface area contributed by atoms with E-state index in [2.05, 4.69) is 12.2 Å². The molecule has 0 radical (unpaired) electrons. The number of hydrogen-bond acceptors (Lipinski definition) is 4. The second-order valence-electron chi connectivity index (χ2n) is 6.46. The van der Waals surface area contributed by atoms with Crippen LogP contribution in [0.3, 0.4) is 0 Å². The molecule has 1 unspecified atom stereocenters.